The molecule has 0 heterocycles. The first kappa shape index (κ1) is 14.7. The van der Waals surface area contributed by atoms with E-state index in [1.165, 1.54) is 0 Å². The number of rotatable bonds is 6. The molecule has 18 heavy (non-hydrogen) atoms. The summed E-state index contributed by atoms with van der Waals surface area (Å²) in [6.45, 7) is 3.94. The van der Waals surface area contributed by atoms with E-state index >= 15 is 0 Å². The summed E-state index contributed by atoms with van der Waals surface area (Å²) in [4.78, 5) is 13.5. The normalized spacial score (nSPS) is 14.0. The van der Waals surface area contributed by atoms with Crippen molar-refractivity contribution in [3.8, 4) is 0 Å². The number of unbranched alkanes of at least 4 members (excludes halogenated alkanes) is 1. The van der Waals surface area contributed by atoms with E-state index in [1.54, 1.807) is 11.9 Å². The molecule has 1 amide bonds. The lowest BCUT2D eigenvalue weighted by Crippen LogP contribution is -2.38. The summed E-state index contributed by atoms with van der Waals surface area (Å²) in [6, 6.07) is 9.25. The SMILES string of the molecule is CCCCC(=O)N(C)[C@H](C)[C@H](O)c1ccccc1. The number of amides is 1. The van der Waals surface area contributed by atoms with Crippen LogP contribution in [0.25, 0.3) is 0 Å². The van der Waals surface area contributed by atoms with Crippen LogP contribution in [0.2, 0.25) is 0 Å². The summed E-state index contributed by atoms with van der Waals surface area (Å²) in [5.41, 5.74) is 0.847. The van der Waals surface area contributed by atoms with E-state index < -0.39 is 6.10 Å². The number of likely N-dealkylation sites (N-methyl/N-ethyl adjacent to an activating group) is 1. The van der Waals surface area contributed by atoms with Crippen LogP contribution in [0.15, 0.2) is 30.3 Å². The summed E-state index contributed by atoms with van der Waals surface area (Å²) >= 11 is 0. The molecule has 0 aliphatic heterocycles. The lowest BCUT2D eigenvalue weighted by atomic mass is 10.0. The van der Waals surface area contributed by atoms with Gasteiger partial charge in [-0.1, -0.05) is 43.7 Å². The van der Waals surface area contributed by atoms with E-state index in [4.69, 9.17) is 0 Å². The van der Waals surface area contributed by atoms with E-state index in [-0.39, 0.29) is 11.9 Å². The third kappa shape index (κ3) is 3.84. The molecule has 1 N–H and O–H groups in total. The summed E-state index contributed by atoms with van der Waals surface area (Å²) in [5.74, 6) is 0.0966. The molecule has 1 aromatic rings. The van der Waals surface area contributed by atoms with Crippen molar-refractivity contribution in [3.05, 3.63) is 35.9 Å². The van der Waals surface area contributed by atoms with Gasteiger partial charge in [-0.25, -0.2) is 0 Å². The summed E-state index contributed by atoms with van der Waals surface area (Å²) < 4.78 is 0. The highest BCUT2D eigenvalue weighted by atomic mass is 16.3. The molecular weight excluding hydrogens is 226 g/mol. The Labute approximate surface area is 109 Å². The molecule has 0 saturated carbocycles. The predicted molar refractivity (Wildman–Crippen MR) is 73.2 cm³/mol. The van der Waals surface area contributed by atoms with Crippen molar-refractivity contribution in [3.63, 3.8) is 0 Å². The molecular formula is C15H23NO2. The van der Waals surface area contributed by atoms with Gasteiger partial charge in [0.1, 0.15) is 0 Å². The van der Waals surface area contributed by atoms with Crippen molar-refractivity contribution in [2.24, 2.45) is 0 Å². The maximum atomic E-state index is 11.9. The van der Waals surface area contributed by atoms with Crippen LogP contribution >= 0.6 is 0 Å². The summed E-state index contributed by atoms with van der Waals surface area (Å²) in [6.07, 6.45) is 1.83. The average molecular weight is 249 g/mol. The molecule has 0 radical (unpaired) electrons. The fourth-order valence-corrected chi connectivity index (χ4v) is 1.87. The number of aliphatic hydroxyl groups excluding tert-OH is 1. The number of carbonyl (C=O) groups excluding carboxylic acids is 1. The van der Waals surface area contributed by atoms with Crippen molar-refractivity contribution < 1.29 is 9.90 Å². The number of aliphatic hydroxyl groups is 1. The topological polar surface area (TPSA) is 40.5 Å². The zero-order valence-corrected chi connectivity index (χ0v) is 11.5. The second kappa shape index (κ2) is 7.17. The first-order valence-electron chi connectivity index (χ1n) is 6.56. The van der Waals surface area contributed by atoms with Crippen LogP contribution in [0, 0.1) is 0 Å². The van der Waals surface area contributed by atoms with Gasteiger partial charge in [-0.2, -0.15) is 0 Å². The van der Waals surface area contributed by atoms with Gasteiger partial charge in [-0.3, -0.25) is 4.79 Å². The van der Waals surface area contributed by atoms with Gasteiger partial charge < -0.3 is 10.0 Å². The maximum Gasteiger partial charge on any atom is 0.222 e. The Morgan fingerprint density at radius 3 is 2.50 bits per heavy atom. The van der Waals surface area contributed by atoms with Crippen molar-refractivity contribution in [1.29, 1.82) is 0 Å². The van der Waals surface area contributed by atoms with E-state index in [1.807, 2.05) is 37.3 Å². The second-order valence-electron chi connectivity index (χ2n) is 4.70. The lowest BCUT2D eigenvalue weighted by Gasteiger charge is -2.29. The third-order valence-electron chi connectivity index (χ3n) is 3.35. The highest BCUT2D eigenvalue weighted by molar-refractivity contribution is 5.76. The zero-order chi connectivity index (χ0) is 13.5. The second-order valence-corrected chi connectivity index (χ2v) is 4.70. The van der Waals surface area contributed by atoms with Gasteiger partial charge >= 0.3 is 0 Å². The molecule has 0 aliphatic carbocycles. The predicted octanol–water partition coefficient (Wildman–Crippen LogP) is 2.76. The molecule has 0 aromatic heterocycles. The van der Waals surface area contributed by atoms with E-state index in [9.17, 15) is 9.90 Å². The molecule has 0 fully saturated rings. The van der Waals surface area contributed by atoms with Crippen LogP contribution < -0.4 is 0 Å². The zero-order valence-electron chi connectivity index (χ0n) is 11.5. The van der Waals surface area contributed by atoms with Gasteiger partial charge in [0.2, 0.25) is 5.91 Å². The Balaban J connectivity index is 2.63. The van der Waals surface area contributed by atoms with Gasteiger partial charge in [-0.05, 0) is 18.9 Å². The minimum atomic E-state index is -0.637. The molecule has 1 rings (SSSR count). The number of nitrogens with zero attached hydrogens (tertiary/aromatic N) is 1. The van der Waals surface area contributed by atoms with Crippen LogP contribution in [-0.4, -0.2) is 29.0 Å². The molecule has 0 bridgehead atoms. The lowest BCUT2D eigenvalue weighted by molar-refractivity contribution is -0.134. The standard InChI is InChI=1S/C15H23NO2/c1-4-5-11-14(17)16(3)12(2)15(18)13-9-7-6-8-10-13/h6-10,12,15,18H,4-5,11H2,1-3H3/t12-,15+/m1/s1. The summed E-state index contributed by atoms with van der Waals surface area (Å²) in [7, 11) is 1.76. The van der Waals surface area contributed by atoms with E-state index in [0.717, 1.165) is 18.4 Å². The number of carbonyl (C=O) groups is 1. The maximum absolute atomic E-state index is 11.9. The van der Waals surface area contributed by atoms with Crippen molar-refractivity contribution in [1.82, 2.24) is 4.90 Å². The first-order chi connectivity index (χ1) is 8.57. The largest absolute Gasteiger partial charge is 0.386 e. The molecule has 0 unspecified atom stereocenters. The van der Waals surface area contributed by atoms with Gasteiger partial charge in [0.05, 0.1) is 12.1 Å². The quantitative estimate of drug-likeness (QED) is 0.842. The monoisotopic (exact) mass is 249 g/mol. The number of benzene rings is 1. The molecule has 3 heteroatoms. The Morgan fingerprint density at radius 2 is 1.94 bits per heavy atom. The van der Waals surface area contributed by atoms with Crippen molar-refractivity contribution in [2.75, 3.05) is 7.05 Å². The van der Waals surface area contributed by atoms with Crippen molar-refractivity contribution in [2.45, 2.75) is 45.3 Å². The smallest absolute Gasteiger partial charge is 0.222 e. The summed E-state index contributed by atoms with van der Waals surface area (Å²) in [5, 5.41) is 10.2. The van der Waals surface area contributed by atoms with Crippen LogP contribution in [0.3, 0.4) is 0 Å². The van der Waals surface area contributed by atoms with Crippen LogP contribution in [0.4, 0.5) is 0 Å². The molecule has 100 valence electrons. The fraction of sp³-hybridized carbons (Fsp3) is 0.533. The molecule has 1 aromatic carbocycles. The van der Waals surface area contributed by atoms with E-state index in [2.05, 4.69) is 6.92 Å². The molecule has 0 aliphatic rings. The first-order valence-corrected chi connectivity index (χ1v) is 6.56. The number of hydrogen-bond acceptors (Lipinski definition) is 2. The van der Waals surface area contributed by atoms with Crippen LogP contribution in [0.1, 0.15) is 44.8 Å². The fourth-order valence-electron chi connectivity index (χ4n) is 1.87. The molecule has 2 atom stereocenters. The van der Waals surface area contributed by atoms with Crippen molar-refractivity contribution >= 4 is 5.91 Å². The molecule has 0 spiro atoms. The van der Waals surface area contributed by atoms with Gasteiger partial charge in [0.15, 0.2) is 0 Å². The average Bonchev–Trinajstić information content (AvgIpc) is 2.43. The third-order valence-corrected chi connectivity index (χ3v) is 3.35. The highest BCUT2D eigenvalue weighted by Crippen LogP contribution is 2.20. The minimum absolute atomic E-state index is 0.0966. The van der Waals surface area contributed by atoms with Gasteiger partial charge in [-0.15, -0.1) is 0 Å². The minimum Gasteiger partial charge on any atom is -0.386 e. The van der Waals surface area contributed by atoms with Crippen LogP contribution in [0.5, 0.6) is 0 Å². The van der Waals surface area contributed by atoms with E-state index in [0.29, 0.717) is 6.42 Å². The highest BCUT2D eigenvalue weighted by Gasteiger charge is 2.23. The Morgan fingerprint density at radius 1 is 1.33 bits per heavy atom. The Bertz CT molecular complexity index is 364. The number of hydrogen-bond donors (Lipinski definition) is 1. The van der Waals surface area contributed by atoms with Crippen LogP contribution in [-0.2, 0) is 4.79 Å². The Kier molecular flexibility index (Phi) is 5.86. The van der Waals surface area contributed by atoms with Gasteiger partial charge in [0, 0.05) is 13.5 Å². The van der Waals surface area contributed by atoms with Gasteiger partial charge in [0.25, 0.3) is 0 Å². The molecule has 3 nitrogen and oxygen atoms in total. The molecule has 0 saturated heterocycles. The Hall–Kier alpha value is -1.35.